The molecule has 8 heteroatoms. The zero-order valence-electron chi connectivity index (χ0n) is 15.4. The van der Waals surface area contributed by atoms with Crippen LogP contribution in [0.5, 0.6) is 0 Å². The summed E-state index contributed by atoms with van der Waals surface area (Å²) < 4.78 is 38.4. The van der Waals surface area contributed by atoms with Crippen LogP contribution in [-0.4, -0.2) is 25.1 Å². The van der Waals surface area contributed by atoms with E-state index in [9.17, 15) is 22.8 Å². The molecule has 0 unspecified atom stereocenters. The number of hydrogen-bond acceptors (Lipinski definition) is 3. The molecule has 27 heavy (non-hydrogen) atoms. The van der Waals surface area contributed by atoms with Crippen LogP contribution in [0.15, 0.2) is 41.0 Å². The Bertz CT molecular complexity index is 763. The Morgan fingerprint density at radius 3 is 2.30 bits per heavy atom. The molecule has 0 aliphatic heterocycles. The molecule has 1 saturated carbocycles. The number of nitrogens with zero attached hydrogens (tertiary/aromatic N) is 1. The molecule has 1 aromatic rings. The van der Waals surface area contributed by atoms with E-state index in [0.717, 1.165) is 31.1 Å². The Balaban J connectivity index is 2.29. The molecular formula is C19H22F3N3O2. The number of alkyl halides is 3. The second-order valence-electron chi connectivity index (χ2n) is 6.82. The highest BCUT2D eigenvalue weighted by atomic mass is 19.4. The number of benzene rings is 1. The van der Waals surface area contributed by atoms with E-state index in [1.165, 1.54) is 12.1 Å². The van der Waals surface area contributed by atoms with E-state index in [0.29, 0.717) is 17.7 Å². The molecule has 0 radical (unpaired) electrons. The van der Waals surface area contributed by atoms with Crippen molar-refractivity contribution in [1.82, 2.24) is 10.6 Å². The quantitative estimate of drug-likeness (QED) is 0.343. The lowest BCUT2D eigenvalue weighted by Crippen LogP contribution is -2.34. The molecule has 1 amide bonds. The van der Waals surface area contributed by atoms with Crippen molar-refractivity contribution >= 4 is 18.0 Å². The summed E-state index contributed by atoms with van der Waals surface area (Å²) in [4.78, 5) is 27.5. The summed E-state index contributed by atoms with van der Waals surface area (Å²) in [7, 11) is 1.63. The van der Waals surface area contributed by atoms with E-state index < -0.39 is 23.7 Å². The third kappa shape index (κ3) is 5.18. The largest absolute Gasteiger partial charge is 0.416 e. The number of halogens is 3. The lowest BCUT2D eigenvalue weighted by atomic mass is 9.91. The number of carbonyl (C=O) groups is 2. The van der Waals surface area contributed by atoms with Gasteiger partial charge in [-0.15, -0.1) is 0 Å². The van der Waals surface area contributed by atoms with Gasteiger partial charge in [0, 0.05) is 13.1 Å². The summed E-state index contributed by atoms with van der Waals surface area (Å²) in [6.07, 6.45) is -1.22. The topological polar surface area (TPSA) is 70.6 Å². The summed E-state index contributed by atoms with van der Waals surface area (Å²) in [5.41, 5.74) is -0.481. The number of amidine groups is 1. The van der Waals surface area contributed by atoms with Crippen molar-refractivity contribution in [2.45, 2.75) is 38.9 Å². The molecule has 5 nitrogen and oxygen atoms in total. The standard InChI is InChI=1S/C19H22F3N3O2/c1-12(23-3)24-15(8-11-26)17(27)25-16(18(2)9-10-18)13-4-6-14(7-5-13)19(20,21)22/h4-8,11,16H,9-10H2,1-3H3,(H,23,24)(H,25,27)/b15-8-/t16-/m0/s1. The van der Waals surface area contributed by atoms with E-state index in [-0.39, 0.29) is 11.1 Å². The summed E-state index contributed by atoms with van der Waals surface area (Å²) in [5, 5.41) is 5.59. The first-order valence-electron chi connectivity index (χ1n) is 8.47. The Labute approximate surface area is 155 Å². The molecule has 0 heterocycles. The Hall–Kier alpha value is -2.64. The van der Waals surface area contributed by atoms with E-state index in [1.54, 1.807) is 14.0 Å². The fraction of sp³-hybridized carbons (Fsp3) is 0.421. The monoisotopic (exact) mass is 381 g/mol. The lowest BCUT2D eigenvalue weighted by molar-refractivity contribution is -0.137. The fourth-order valence-electron chi connectivity index (χ4n) is 2.68. The van der Waals surface area contributed by atoms with Gasteiger partial charge in [-0.2, -0.15) is 13.2 Å². The van der Waals surface area contributed by atoms with Crippen LogP contribution in [-0.2, 0) is 15.8 Å². The lowest BCUT2D eigenvalue weighted by Gasteiger charge is -2.26. The third-order valence-electron chi connectivity index (χ3n) is 4.69. The maximum absolute atomic E-state index is 12.8. The molecule has 1 aliphatic rings. The zero-order valence-corrected chi connectivity index (χ0v) is 15.4. The molecule has 1 atom stereocenters. The van der Waals surface area contributed by atoms with Crippen LogP contribution >= 0.6 is 0 Å². The van der Waals surface area contributed by atoms with Crippen LogP contribution in [0, 0.1) is 5.41 Å². The smallest absolute Gasteiger partial charge is 0.377 e. The molecule has 0 saturated heterocycles. The molecule has 1 aliphatic carbocycles. The fourth-order valence-corrected chi connectivity index (χ4v) is 2.68. The van der Waals surface area contributed by atoms with Crippen molar-refractivity contribution in [3.05, 3.63) is 47.2 Å². The van der Waals surface area contributed by atoms with Crippen molar-refractivity contribution in [1.29, 1.82) is 0 Å². The van der Waals surface area contributed by atoms with Gasteiger partial charge >= 0.3 is 6.18 Å². The van der Waals surface area contributed by atoms with E-state index in [4.69, 9.17) is 0 Å². The average molecular weight is 381 g/mol. The van der Waals surface area contributed by atoms with Crippen LogP contribution < -0.4 is 10.6 Å². The Morgan fingerprint density at radius 2 is 1.85 bits per heavy atom. The highest BCUT2D eigenvalue weighted by Gasteiger charge is 2.46. The summed E-state index contributed by atoms with van der Waals surface area (Å²) in [6, 6.07) is 4.29. The van der Waals surface area contributed by atoms with Gasteiger partial charge in [0.15, 0.2) is 0 Å². The SMILES string of the molecule is CN/C(C)=N\C(=C/C=O)C(=O)N[C@@H](c1ccc(C(F)(F)F)cc1)C1(C)CC1. The second kappa shape index (κ2) is 7.94. The number of nitrogens with one attached hydrogen (secondary N) is 2. The minimum absolute atomic E-state index is 0.0713. The first kappa shape index (κ1) is 20.7. The molecule has 1 aromatic carbocycles. The summed E-state index contributed by atoms with van der Waals surface area (Å²) in [6.45, 7) is 3.60. The minimum atomic E-state index is -4.42. The van der Waals surface area contributed by atoms with Gasteiger partial charge in [0.25, 0.3) is 5.91 Å². The van der Waals surface area contributed by atoms with Gasteiger partial charge in [-0.05, 0) is 42.9 Å². The van der Waals surface area contributed by atoms with E-state index >= 15 is 0 Å². The first-order valence-corrected chi connectivity index (χ1v) is 8.47. The third-order valence-corrected chi connectivity index (χ3v) is 4.69. The zero-order chi connectivity index (χ0) is 20.2. The average Bonchev–Trinajstić information content (AvgIpc) is 3.36. The maximum atomic E-state index is 12.8. The highest BCUT2D eigenvalue weighted by Crippen LogP contribution is 2.54. The number of aliphatic imine (C=N–C) groups is 1. The number of allylic oxidation sites excluding steroid dienone is 1. The minimum Gasteiger partial charge on any atom is -0.377 e. The van der Waals surface area contributed by atoms with Gasteiger partial charge in [0.1, 0.15) is 12.0 Å². The number of amides is 1. The predicted octanol–water partition coefficient (Wildman–Crippen LogP) is 3.38. The van der Waals surface area contributed by atoms with Gasteiger partial charge in [-0.1, -0.05) is 19.1 Å². The molecule has 2 rings (SSSR count). The summed E-state index contributed by atoms with van der Waals surface area (Å²) >= 11 is 0. The van der Waals surface area contributed by atoms with Crippen LogP contribution in [0.25, 0.3) is 0 Å². The summed E-state index contributed by atoms with van der Waals surface area (Å²) in [5.74, 6) is -0.114. The second-order valence-corrected chi connectivity index (χ2v) is 6.82. The van der Waals surface area contributed by atoms with Gasteiger partial charge in [0.05, 0.1) is 17.4 Å². The van der Waals surface area contributed by atoms with Crippen molar-refractivity contribution in [2.75, 3.05) is 7.05 Å². The molecule has 0 spiro atoms. The number of carbonyl (C=O) groups excluding carboxylic acids is 2. The van der Waals surface area contributed by atoms with Crippen LogP contribution in [0.4, 0.5) is 13.2 Å². The van der Waals surface area contributed by atoms with Crippen molar-refractivity contribution in [2.24, 2.45) is 10.4 Å². The Morgan fingerprint density at radius 1 is 1.26 bits per heavy atom. The number of rotatable bonds is 6. The van der Waals surface area contributed by atoms with E-state index in [2.05, 4.69) is 15.6 Å². The predicted molar refractivity (Wildman–Crippen MR) is 96.0 cm³/mol. The molecule has 0 bridgehead atoms. The van der Waals surface area contributed by atoms with Crippen LogP contribution in [0.1, 0.15) is 43.9 Å². The first-order chi connectivity index (χ1) is 12.6. The van der Waals surface area contributed by atoms with Crippen LogP contribution in [0.3, 0.4) is 0 Å². The van der Waals surface area contributed by atoms with Crippen molar-refractivity contribution < 1.29 is 22.8 Å². The van der Waals surface area contributed by atoms with E-state index in [1.807, 2.05) is 6.92 Å². The van der Waals surface area contributed by atoms with Crippen molar-refractivity contribution in [3.8, 4) is 0 Å². The molecule has 1 fully saturated rings. The van der Waals surface area contributed by atoms with Gasteiger partial charge in [-0.25, -0.2) is 4.99 Å². The van der Waals surface area contributed by atoms with Crippen LogP contribution in [0.2, 0.25) is 0 Å². The van der Waals surface area contributed by atoms with Gasteiger partial charge in [-0.3, -0.25) is 9.59 Å². The maximum Gasteiger partial charge on any atom is 0.416 e. The number of hydrogen-bond donors (Lipinski definition) is 2. The normalized spacial score (nSPS) is 17.9. The molecule has 146 valence electrons. The van der Waals surface area contributed by atoms with Crippen molar-refractivity contribution in [3.63, 3.8) is 0 Å². The van der Waals surface area contributed by atoms with Gasteiger partial charge < -0.3 is 10.6 Å². The number of aldehydes is 1. The van der Waals surface area contributed by atoms with Gasteiger partial charge in [0.2, 0.25) is 0 Å². The molecule has 0 aromatic heterocycles. The molecular weight excluding hydrogens is 359 g/mol. The molecule has 2 N–H and O–H groups in total. The highest BCUT2D eigenvalue weighted by molar-refractivity contribution is 5.99. The Kier molecular flexibility index (Phi) is 6.08.